The van der Waals surface area contributed by atoms with Crippen LogP contribution in [0.4, 0.5) is 5.69 Å². The largest absolute Gasteiger partial charge is 0.412 e. The SMILES string of the molecule is C/C(=C/CO[Si](C(C)C)(C(C)C)C(C)C)C(=O)N(C)c1ccccc1I. The van der Waals surface area contributed by atoms with Crippen molar-refractivity contribution in [3.05, 3.63) is 39.5 Å². The number of benzene rings is 1. The van der Waals surface area contributed by atoms with E-state index in [1.54, 1.807) is 4.90 Å². The molecule has 0 spiro atoms. The molecule has 1 amide bonds. The molecule has 0 atom stereocenters. The Morgan fingerprint density at radius 3 is 2.08 bits per heavy atom. The number of rotatable bonds is 8. The van der Waals surface area contributed by atoms with Gasteiger partial charge in [0, 0.05) is 16.2 Å². The number of amides is 1. The number of halogens is 1. The summed E-state index contributed by atoms with van der Waals surface area (Å²) in [5, 5.41) is 0. The van der Waals surface area contributed by atoms with E-state index in [0.29, 0.717) is 23.2 Å². The zero-order valence-electron chi connectivity index (χ0n) is 17.5. The van der Waals surface area contributed by atoms with Crippen LogP contribution in [0.3, 0.4) is 0 Å². The summed E-state index contributed by atoms with van der Waals surface area (Å²) in [4.78, 5) is 14.5. The third-order valence-corrected chi connectivity index (χ3v) is 12.3. The van der Waals surface area contributed by atoms with Gasteiger partial charge in [-0.25, -0.2) is 0 Å². The lowest BCUT2D eigenvalue weighted by Gasteiger charge is -2.42. The van der Waals surface area contributed by atoms with Gasteiger partial charge in [-0.2, -0.15) is 0 Å². The predicted octanol–water partition coefficient (Wildman–Crippen LogP) is 6.39. The Balaban J connectivity index is 2.90. The lowest BCUT2D eigenvalue weighted by Crippen LogP contribution is -2.47. The Bertz CT molecular complexity index is 619. The van der Waals surface area contributed by atoms with Crippen LogP contribution in [0.5, 0.6) is 0 Å². The first-order chi connectivity index (χ1) is 12.1. The zero-order valence-corrected chi connectivity index (χ0v) is 20.6. The minimum absolute atomic E-state index is 0.0172. The van der Waals surface area contributed by atoms with Crippen molar-refractivity contribution >= 4 is 42.5 Å². The maximum Gasteiger partial charge on any atom is 0.253 e. The zero-order chi connectivity index (χ0) is 20.1. The van der Waals surface area contributed by atoms with Crippen LogP contribution in [0, 0.1) is 3.57 Å². The summed E-state index contributed by atoms with van der Waals surface area (Å²) in [6.45, 7) is 16.0. The smallest absolute Gasteiger partial charge is 0.253 e. The molecule has 0 fully saturated rings. The van der Waals surface area contributed by atoms with Crippen molar-refractivity contribution in [2.75, 3.05) is 18.6 Å². The molecule has 1 rings (SSSR count). The van der Waals surface area contributed by atoms with E-state index in [4.69, 9.17) is 4.43 Å². The van der Waals surface area contributed by atoms with Crippen LogP contribution in [0.15, 0.2) is 35.9 Å². The number of carbonyl (C=O) groups excluding carboxylic acids is 1. The standard InChI is InChI=1S/C21H34INO2Si/c1-15(2)26(16(3)4,17(5)6)25-14-13-18(7)21(24)23(8)20-12-10-9-11-19(20)22/h9-13,15-17H,14H2,1-8H3/b18-13-. The lowest BCUT2D eigenvalue weighted by molar-refractivity contribution is -0.114. The summed E-state index contributed by atoms with van der Waals surface area (Å²) in [6, 6.07) is 7.92. The first-order valence-corrected chi connectivity index (χ1v) is 12.6. The highest BCUT2D eigenvalue weighted by Crippen LogP contribution is 2.42. The first-order valence-electron chi connectivity index (χ1n) is 9.38. The van der Waals surface area contributed by atoms with Gasteiger partial charge >= 0.3 is 0 Å². The highest BCUT2D eigenvalue weighted by atomic mass is 127. The van der Waals surface area contributed by atoms with E-state index in [0.717, 1.165) is 14.8 Å². The van der Waals surface area contributed by atoms with Crippen molar-refractivity contribution in [2.24, 2.45) is 0 Å². The summed E-state index contributed by atoms with van der Waals surface area (Å²) < 4.78 is 7.60. The minimum Gasteiger partial charge on any atom is -0.412 e. The number of nitrogens with zero attached hydrogens (tertiary/aromatic N) is 1. The monoisotopic (exact) mass is 487 g/mol. The van der Waals surface area contributed by atoms with Gasteiger partial charge < -0.3 is 9.33 Å². The average Bonchev–Trinajstić information content (AvgIpc) is 2.56. The second-order valence-corrected chi connectivity index (χ2v) is 14.5. The van der Waals surface area contributed by atoms with Gasteiger partial charge in [-0.3, -0.25) is 4.79 Å². The quantitative estimate of drug-likeness (QED) is 0.242. The van der Waals surface area contributed by atoms with E-state index in [1.807, 2.05) is 44.3 Å². The lowest BCUT2D eigenvalue weighted by atomic mass is 10.2. The number of hydrogen-bond acceptors (Lipinski definition) is 2. The molecule has 0 heterocycles. The van der Waals surface area contributed by atoms with E-state index in [9.17, 15) is 4.79 Å². The van der Waals surface area contributed by atoms with Crippen LogP contribution in [0.1, 0.15) is 48.5 Å². The third kappa shape index (κ3) is 5.20. The number of anilines is 1. The molecule has 0 unspecified atom stereocenters. The second kappa shape index (κ2) is 10.0. The van der Waals surface area contributed by atoms with Crippen molar-refractivity contribution in [3.63, 3.8) is 0 Å². The average molecular weight is 487 g/mol. The van der Waals surface area contributed by atoms with Crippen molar-refractivity contribution in [1.82, 2.24) is 0 Å². The molecule has 0 saturated carbocycles. The Morgan fingerprint density at radius 2 is 1.62 bits per heavy atom. The fourth-order valence-electron chi connectivity index (χ4n) is 4.00. The Kier molecular flexibility index (Phi) is 9.03. The summed E-state index contributed by atoms with van der Waals surface area (Å²) in [5.74, 6) is 0.0172. The number of carbonyl (C=O) groups is 1. The Morgan fingerprint density at radius 1 is 1.12 bits per heavy atom. The highest BCUT2D eigenvalue weighted by Gasteiger charge is 2.44. The fraction of sp³-hybridized carbons (Fsp3) is 0.571. The van der Waals surface area contributed by atoms with Gasteiger partial charge in [0.15, 0.2) is 0 Å². The van der Waals surface area contributed by atoms with Gasteiger partial charge in [0.25, 0.3) is 5.91 Å². The van der Waals surface area contributed by atoms with E-state index in [-0.39, 0.29) is 5.91 Å². The first kappa shape index (κ1) is 23.4. The number of likely N-dealkylation sites (N-methyl/N-ethyl adjacent to an activating group) is 1. The fourth-order valence-corrected chi connectivity index (χ4v) is 10.1. The molecular formula is C21H34INO2Si. The molecule has 0 aliphatic heterocycles. The summed E-state index contributed by atoms with van der Waals surface area (Å²) in [6.07, 6.45) is 1.95. The molecule has 146 valence electrons. The predicted molar refractivity (Wildman–Crippen MR) is 123 cm³/mol. The molecule has 0 radical (unpaired) electrons. The molecule has 0 saturated heterocycles. The van der Waals surface area contributed by atoms with Gasteiger partial charge in [-0.1, -0.05) is 59.8 Å². The van der Waals surface area contributed by atoms with Crippen LogP contribution >= 0.6 is 22.6 Å². The number of para-hydroxylation sites is 1. The van der Waals surface area contributed by atoms with Crippen molar-refractivity contribution in [1.29, 1.82) is 0 Å². The maximum atomic E-state index is 12.8. The molecule has 1 aromatic carbocycles. The molecule has 0 bridgehead atoms. The van der Waals surface area contributed by atoms with Crippen LogP contribution in [-0.2, 0) is 9.22 Å². The van der Waals surface area contributed by atoms with Gasteiger partial charge in [-0.05, 0) is 58.3 Å². The minimum atomic E-state index is -1.90. The molecule has 1 aromatic rings. The molecular weight excluding hydrogens is 453 g/mol. The summed E-state index contributed by atoms with van der Waals surface area (Å²) >= 11 is 2.26. The van der Waals surface area contributed by atoms with Crippen molar-refractivity contribution < 1.29 is 9.22 Å². The van der Waals surface area contributed by atoms with Crippen molar-refractivity contribution in [3.8, 4) is 0 Å². The molecule has 0 aliphatic carbocycles. The van der Waals surface area contributed by atoms with E-state index >= 15 is 0 Å². The van der Waals surface area contributed by atoms with Crippen LogP contribution in [-0.4, -0.2) is 27.9 Å². The Hall–Kier alpha value is -0.663. The molecule has 0 N–H and O–H groups in total. The van der Waals surface area contributed by atoms with E-state index in [1.165, 1.54) is 0 Å². The van der Waals surface area contributed by atoms with E-state index in [2.05, 4.69) is 64.1 Å². The Labute approximate surface area is 174 Å². The van der Waals surface area contributed by atoms with Gasteiger partial charge in [-0.15, -0.1) is 0 Å². The van der Waals surface area contributed by atoms with Gasteiger partial charge in [0.05, 0.1) is 12.3 Å². The van der Waals surface area contributed by atoms with Crippen LogP contribution in [0.25, 0.3) is 0 Å². The molecule has 0 aromatic heterocycles. The molecule has 26 heavy (non-hydrogen) atoms. The molecule has 3 nitrogen and oxygen atoms in total. The van der Waals surface area contributed by atoms with E-state index < -0.39 is 8.32 Å². The third-order valence-electron chi connectivity index (χ3n) is 5.29. The summed E-state index contributed by atoms with van der Waals surface area (Å²) in [5.41, 5.74) is 3.29. The maximum absolute atomic E-state index is 12.8. The van der Waals surface area contributed by atoms with Gasteiger partial charge in [0.2, 0.25) is 8.32 Å². The topological polar surface area (TPSA) is 29.5 Å². The van der Waals surface area contributed by atoms with Crippen LogP contribution in [0.2, 0.25) is 16.6 Å². The molecule has 5 heteroatoms. The molecule has 0 aliphatic rings. The normalized spacial score (nSPS) is 13.0. The highest BCUT2D eigenvalue weighted by molar-refractivity contribution is 14.1. The van der Waals surface area contributed by atoms with Crippen LogP contribution < -0.4 is 4.90 Å². The number of hydrogen-bond donors (Lipinski definition) is 0. The van der Waals surface area contributed by atoms with Crippen molar-refractivity contribution in [2.45, 2.75) is 65.1 Å². The second-order valence-electron chi connectivity index (χ2n) is 7.83. The van der Waals surface area contributed by atoms with Gasteiger partial charge in [0.1, 0.15) is 0 Å². The summed E-state index contributed by atoms with van der Waals surface area (Å²) in [7, 11) is -0.0731.